The van der Waals surface area contributed by atoms with E-state index in [0.717, 1.165) is 12.8 Å². The van der Waals surface area contributed by atoms with Crippen molar-refractivity contribution in [3.05, 3.63) is 28.2 Å². The lowest BCUT2D eigenvalue weighted by molar-refractivity contribution is -0.129. The van der Waals surface area contributed by atoms with Crippen molar-refractivity contribution < 1.29 is 9.59 Å². The number of rotatable bonds is 2. The Hall–Kier alpha value is -2.18. The van der Waals surface area contributed by atoms with E-state index in [1.165, 1.54) is 12.1 Å². The molecule has 2 heterocycles. The van der Waals surface area contributed by atoms with Crippen LogP contribution in [0.1, 0.15) is 44.1 Å². The van der Waals surface area contributed by atoms with Crippen molar-refractivity contribution in [1.29, 1.82) is 0 Å². The van der Waals surface area contributed by atoms with Crippen LogP contribution in [0, 0.1) is 5.41 Å². The Bertz CT molecular complexity index is 589. The molecule has 0 bridgehead atoms. The molecule has 1 aromatic heterocycles. The Morgan fingerprint density at radius 3 is 2.41 bits per heavy atom. The third-order valence-electron chi connectivity index (χ3n) is 3.70. The van der Waals surface area contributed by atoms with Gasteiger partial charge in [-0.05, 0) is 18.9 Å². The summed E-state index contributed by atoms with van der Waals surface area (Å²) in [6.45, 7) is 6.76. The topological polar surface area (TPSA) is 95.2 Å². The predicted octanol–water partition coefficient (Wildman–Crippen LogP) is 0.537. The van der Waals surface area contributed by atoms with Gasteiger partial charge in [-0.3, -0.25) is 14.4 Å². The lowest BCUT2D eigenvalue weighted by atomic mass is 9.94. The molecule has 1 aromatic rings. The standard InChI is InChI=1S/C15H22N4O3/c1-15(2,3)14(22)16-10-6-8-19(9-7-10)13(21)11-4-5-12(20)18-17-11/h4-5,10H,6-9H2,1-3H3,(H,16,22)(H,18,20). The molecule has 0 radical (unpaired) electrons. The molecule has 1 aliphatic rings. The lowest BCUT2D eigenvalue weighted by Crippen LogP contribution is -2.49. The molecule has 7 nitrogen and oxygen atoms in total. The summed E-state index contributed by atoms with van der Waals surface area (Å²) in [5.41, 5.74) is -0.510. The van der Waals surface area contributed by atoms with E-state index >= 15 is 0 Å². The number of hydrogen-bond donors (Lipinski definition) is 2. The molecule has 0 aromatic carbocycles. The second kappa shape index (κ2) is 6.29. The molecule has 0 atom stereocenters. The van der Waals surface area contributed by atoms with Gasteiger partial charge in [-0.25, -0.2) is 5.10 Å². The number of carbonyl (C=O) groups is 2. The summed E-state index contributed by atoms with van der Waals surface area (Å²) in [5.74, 6) is -0.170. The van der Waals surface area contributed by atoms with Crippen molar-refractivity contribution >= 4 is 11.8 Å². The highest BCUT2D eigenvalue weighted by Gasteiger charge is 2.28. The minimum absolute atomic E-state index is 0.0274. The Balaban J connectivity index is 1.89. The number of aromatic nitrogens is 2. The van der Waals surface area contributed by atoms with Gasteiger partial charge in [0.25, 0.3) is 11.5 Å². The van der Waals surface area contributed by atoms with Crippen LogP contribution in [0.25, 0.3) is 0 Å². The number of hydrogen-bond acceptors (Lipinski definition) is 4. The molecule has 1 fully saturated rings. The van der Waals surface area contributed by atoms with Crippen LogP contribution in [0.2, 0.25) is 0 Å². The summed E-state index contributed by atoms with van der Waals surface area (Å²) in [5, 5.41) is 9.04. The van der Waals surface area contributed by atoms with Crippen LogP contribution in [-0.2, 0) is 4.79 Å². The highest BCUT2D eigenvalue weighted by molar-refractivity contribution is 5.92. The average molecular weight is 306 g/mol. The van der Waals surface area contributed by atoms with Crippen molar-refractivity contribution in [2.45, 2.75) is 39.7 Å². The van der Waals surface area contributed by atoms with Gasteiger partial charge in [-0.1, -0.05) is 20.8 Å². The van der Waals surface area contributed by atoms with Crippen molar-refractivity contribution in [2.75, 3.05) is 13.1 Å². The van der Waals surface area contributed by atoms with Crippen LogP contribution in [0.3, 0.4) is 0 Å². The van der Waals surface area contributed by atoms with Gasteiger partial charge in [-0.2, -0.15) is 5.10 Å². The van der Waals surface area contributed by atoms with E-state index in [2.05, 4.69) is 15.5 Å². The summed E-state index contributed by atoms with van der Waals surface area (Å²) < 4.78 is 0. The summed E-state index contributed by atoms with van der Waals surface area (Å²) in [7, 11) is 0. The first-order chi connectivity index (χ1) is 10.3. The maximum atomic E-state index is 12.3. The first-order valence-corrected chi connectivity index (χ1v) is 7.43. The molecule has 1 saturated heterocycles. The van der Waals surface area contributed by atoms with E-state index in [9.17, 15) is 14.4 Å². The van der Waals surface area contributed by atoms with Gasteiger partial charge < -0.3 is 10.2 Å². The minimum atomic E-state index is -0.410. The van der Waals surface area contributed by atoms with E-state index in [1.807, 2.05) is 20.8 Å². The Morgan fingerprint density at radius 2 is 1.91 bits per heavy atom. The third-order valence-corrected chi connectivity index (χ3v) is 3.70. The summed E-state index contributed by atoms with van der Waals surface area (Å²) in [6, 6.07) is 2.81. The molecular formula is C15H22N4O3. The lowest BCUT2D eigenvalue weighted by Gasteiger charge is -2.33. The molecule has 2 rings (SSSR count). The third kappa shape index (κ3) is 3.93. The van der Waals surface area contributed by atoms with E-state index in [4.69, 9.17) is 0 Å². The maximum Gasteiger partial charge on any atom is 0.274 e. The highest BCUT2D eigenvalue weighted by atomic mass is 16.2. The van der Waals surface area contributed by atoms with E-state index in [-0.39, 0.29) is 29.1 Å². The molecule has 22 heavy (non-hydrogen) atoms. The fraction of sp³-hybridized carbons (Fsp3) is 0.600. The maximum absolute atomic E-state index is 12.3. The van der Waals surface area contributed by atoms with E-state index in [0.29, 0.717) is 13.1 Å². The Labute approximate surface area is 129 Å². The zero-order valence-corrected chi connectivity index (χ0v) is 13.2. The normalized spacial score (nSPS) is 16.4. The molecule has 0 saturated carbocycles. The number of amides is 2. The van der Waals surface area contributed by atoms with Gasteiger partial charge in [0.15, 0.2) is 0 Å². The smallest absolute Gasteiger partial charge is 0.274 e. The van der Waals surface area contributed by atoms with Crippen molar-refractivity contribution in [3.8, 4) is 0 Å². The van der Waals surface area contributed by atoms with E-state index < -0.39 is 5.41 Å². The SMILES string of the molecule is CC(C)(C)C(=O)NC1CCN(C(=O)c2ccc(=O)[nH]n2)CC1. The number of likely N-dealkylation sites (tertiary alicyclic amines) is 1. The number of nitrogens with zero attached hydrogens (tertiary/aromatic N) is 2. The van der Waals surface area contributed by atoms with Crippen LogP contribution in [0.15, 0.2) is 16.9 Å². The van der Waals surface area contributed by atoms with Gasteiger partial charge in [-0.15, -0.1) is 0 Å². The fourth-order valence-electron chi connectivity index (χ4n) is 2.25. The number of nitrogens with one attached hydrogen (secondary N) is 2. The molecule has 1 aliphatic heterocycles. The van der Waals surface area contributed by atoms with Gasteiger partial charge in [0.05, 0.1) is 0 Å². The van der Waals surface area contributed by atoms with Gasteiger partial charge in [0.2, 0.25) is 5.91 Å². The minimum Gasteiger partial charge on any atom is -0.353 e. The second-order valence-electron chi connectivity index (χ2n) is 6.60. The van der Waals surface area contributed by atoms with Crippen LogP contribution in [0.4, 0.5) is 0 Å². The average Bonchev–Trinajstić information content (AvgIpc) is 2.47. The fourth-order valence-corrected chi connectivity index (χ4v) is 2.25. The van der Waals surface area contributed by atoms with Crippen molar-refractivity contribution in [3.63, 3.8) is 0 Å². The quantitative estimate of drug-likeness (QED) is 0.833. The number of H-pyrrole nitrogens is 1. The molecule has 0 spiro atoms. The van der Waals surface area contributed by atoms with Crippen LogP contribution in [-0.4, -0.2) is 46.0 Å². The molecule has 2 amide bonds. The van der Waals surface area contributed by atoms with E-state index in [1.54, 1.807) is 4.90 Å². The Morgan fingerprint density at radius 1 is 1.27 bits per heavy atom. The first kappa shape index (κ1) is 16.2. The summed E-state index contributed by atoms with van der Waals surface area (Å²) >= 11 is 0. The molecule has 0 unspecified atom stereocenters. The van der Waals surface area contributed by atoms with Gasteiger partial charge >= 0.3 is 0 Å². The summed E-state index contributed by atoms with van der Waals surface area (Å²) in [4.78, 5) is 36.9. The number of carbonyl (C=O) groups excluding carboxylic acids is 2. The number of aromatic amines is 1. The molecule has 120 valence electrons. The second-order valence-corrected chi connectivity index (χ2v) is 6.60. The highest BCUT2D eigenvalue weighted by Crippen LogP contribution is 2.17. The van der Waals surface area contributed by atoms with Gasteiger partial charge in [0, 0.05) is 30.6 Å². The van der Waals surface area contributed by atoms with Crippen LogP contribution < -0.4 is 10.9 Å². The zero-order chi connectivity index (χ0) is 16.3. The first-order valence-electron chi connectivity index (χ1n) is 7.43. The molecule has 0 aliphatic carbocycles. The zero-order valence-electron chi connectivity index (χ0n) is 13.2. The monoisotopic (exact) mass is 306 g/mol. The predicted molar refractivity (Wildman–Crippen MR) is 81.4 cm³/mol. The van der Waals surface area contributed by atoms with Gasteiger partial charge in [0.1, 0.15) is 5.69 Å². The molecular weight excluding hydrogens is 284 g/mol. The Kier molecular flexibility index (Phi) is 4.63. The van der Waals surface area contributed by atoms with Crippen LogP contribution >= 0.6 is 0 Å². The molecule has 2 N–H and O–H groups in total. The number of piperidine rings is 1. The van der Waals surface area contributed by atoms with Crippen molar-refractivity contribution in [2.24, 2.45) is 5.41 Å². The largest absolute Gasteiger partial charge is 0.353 e. The van der Waals surface area contributed by atoms with Crippen molar-refractivity contribution in [1.82, 2.24) is 20.4 Å². The van der Waals surface area contributed by atoms with Crippen LogP contribution in [0.5, 0.6) is 0 Å². The molecule has 7 heteroatoms. The summed E-state index contributed by atoms with van der Waals surface area (Å²) in [6.07, 6.45) is 1.44.